The van der Waals surface area contributed by atoms with E-state index in [1.807, 2.05) is 30.3 Å². The van der Waals surface area contributed by atoms with Gasteiger partial charge < -0.3 is 15.4 Å². The van der Waals surface area contributed by atoms with Gasteiger partial charge in [-0.2, -0.15) is 0 Å². The molecule has 2 aliphatic rings. The molecule has 29 heavy (non-hydrogen) atoms. The van der Waals surface area contributed by atoms with Crippen molar-refractivity contribution in [1.82, 2.24) is 20.4 Å². The lowest BCUT2D eigenvalue weighted by atomic mass is 9.94. The van der Waals surface area contributed by atoms with Crippen LogP contribution in [0.1, 0.15) is 25.5 Å². The van der Waals surface area contributed by atoms with Gasteiger partial charge in [0.05, 0.1) is 18.2 Å². The summed E-state index contributed by atoms with van der Waals surface area (Å²) in [5, 5.41) is 6.41. The highest BCUT2D eigenvalue weighted by Crippen LogP contribution is 2.32. The molecule has 2 atom stereocenters. The lowest BCUT2D eigenvalue weighted by molar-refractivity contribution is -0.139. The van der Waals surface area contributed by atoms with Crippen molar-refractivity contribution in [2.45, 2.75) is 25.9 Å². The number of carbonyl (C=O) groups is 2. The summed E-state index contributed by atoms with van der Waals surface area (Å²) < 4.78 is 5.40. The highest BCUT2D eigenvalue weighted by atomic mass is 16.5. The predicted molar refractivity (Wildman–Crippen MR) is 112 cm³/mol. The molecular formula is C22H30N4O3. The molecule has 0 bridgehead atoms. The summed E-state index contributed by atoms with van der Waals surface area (Å²) in [7, 11) is 0. The van der Waals surface area contributed by atoms with Crippen LogP contribution >= 0.6 is 0 Å². The van der Waals surface area contributed by atoms with Crippen LogP contribution in [0.5, 0.6) is 0 Å². The largest absolute Gasteiger partial charge is 0.463 e. The second-order valence-corrected chi connectivity index (χ2v) is 7.36. The van der Waals surface area contributed by atoms with Crippen molar-refractivity contribution in [2.24, 2.45) is 0 Å². The molecule has 2 unspecified atom stereocenters. The molecule has 7 nitrogen and oxygen atoms in total. The van der Waals surface area contributed by atoms with Crippen molar-refractivity contribution in [2.75, 3.05) is 39.3 Å². The Bertz CT molecular complexity index is 778. The fourth-order valence-electron chi connectivity index (χ4n) is 3.91. The van der Waals surface area contributed by atoms with Crippen molar-refractivity contribution in [3.63, 3.8) is 0 Å². The van der Waals surface area contributed by atoms with Crippen LogP contribution in [0.2, 0.25) is 0 Å². The second-order valence-electron chi connectivity index (χ2n) is 7.36. The van der Waals surface area contributed by atoms with E-state index in [1.165, 1.54) is 0 Å². The Kier molecular flexibility index (Phi) is 7.06. The summed E-state index contributed by atoms with van der Waals surface area (Å²) in [5.74, 6) is -0.395. The smallest absolute Gasteiger partial charge is 0.338 e. The molecule has 2 amide bonds. The first-order chi connectivity index (χ1) is 14.0. The van der Waals surface area contributed by atoms with Crippen LogP contribution in [0.4, 0.5) is 4.79 Å². The molecule has 2 N–H and O–H groups in total. The molecule has 0 spiro atoms. The molecule has 1 aromatic carbocycles. The zero-order chi connectivity index (χ0) is 20.8. The molecule has 3 rings (SSSR count). The van der Waals surface area contributed by atoms with Crippen molar-refractivity contribution in [3.05, 3.63) is 59.8 Å². The van der Waals surface area contributed by atoms with Crippen molar-refractivity contribution in [3.8, 4) is 0 Å². The monoisotopic (exact) mass is 398 g/mol. The fourth-order valence-corrected chi connectivity index (χ4v) is 3.91. The third-order valence-corrected chi connectivity index (χ3v) is 5.20. The Morgan fingerprint density at radius 3 is 2.76 bits per heavy atom. The number of benzene rings is 1. The third kappa shape index (κ3) is 4.86. The highest BCUT2D eigenvalue weighted by molar-refractivity contribution is 5.95. The maximum atomic E-state index is 13.0. The average molecular weight is 399 g/mol. The lowest BCUT2D eigenvalue weighted by Gasteiger charge is -2.40. The quantitative estimate of drug-likeness (QED) is 0.543. The van der Waals surface area contributed by atoms with E-state index in [-0.39, 0.29) is 12.6 Å². The summed E-state index contributed by atoms with van der Waals surface area (Å²) in [4.78, 5) is 29.9. The molecule has 0 saturated carbocycles. The first kappa shape index (κ1) is 21.1. The van der Waals surface area contributed by atoms with Gasteiger partial charge in [0.1, 0.15) is 0 Å². The number of hydrogen-bond donors (Lipinski definition) is 2. The van der Waals surface area contributed by atoms with E-state index in [4.69, 9.17) is 4.74 Å². The number of hydrogen-bond acceptors (Lipinski definition) is 5. The van der Waals surface area contributed by atoms with Crippen LogP contribution < -0.4 is 10.6 Å². The normalized spacial score (nSPS) is 23.0. The molecule has 0 aromatic heterocycles. The van der Waals surface area contributed by atoms with Gasteiger partial charge in [0, 0.05) is 44.5 Å². The highest BCUT2D eigenvalue weighted by Gasteiger charge is 2.38. The van der Waals surface area contributed by atoms with Crippen LogP contribution in [-0.2, 0) is 9.53 Å². The number of carbonyl (C=O) groups excluding carboxylic acids is 2. The molecular weight excluding hydrogens is 368 g/mol. The molecule has 2 heterocycles. The van der Waals surface area contributed by atoms with Crippen LogP contribution in [0.15, 0.2) is 54.3 Å². The summed E-state index contributed by atoms with van der Waals surface area (Å²) in [5.41, 5.74) is 2.04. The van der Waals surface area contributed by atoms with Gasteiger partial charge in [0.2, 0.25) is 0 Å². The van der Waals surface area contributed by atoms with Gasteiger partial charge in [-0.05, 0) is 19.4 Å². The van der Waals surface area contributed by atoms with Gasteiger partial charge in [-0.25, -0.2) is 9.59 Å². The SMILES string of the molecule is C=CCN1C(=O)NC(c2ccccc2)C(C(=O)OCC)=C1CN1CCNC(C)C1. The zero-order valence-electron chi connectivity index (χ0n) is 17.2. The molecule has 0 aliphatic carbocycles. The maximum absolute atomic E-state index is 13.0. The van der Waals surface area contributed by atoms with Gasteiger partial charge >= 0.3 is 12.0 Å². The number of piperazine rings is 1. The molecule has 2 aliphatic heterocycles. The van der Waals surface area contributed by atoms with Crippen LogP contribution in [0.25, 0.3) is 0 Å². The van der Waals surface area contributed by atoms with Gasteiger partial charge in [-0.3, -0.25) is 9.80 Å². The Hall–Kier alpha value is -2.64. The number of amides is 2. The van der Waals surface area contributed by atoms with Crippen LogP contribution in [0, 0.1) is 0 Å². The van der Waals surface area contributed by atoms with Crippen molar-refractivity contribution in [1.29, 1.82) is 0 Å². The number of urea groups is 1. The van der Waals surface area contributed by atoms with Gasteiger partial charge in [-0.15, -0.1) is 6.58 Å². The average Bonchev–Trinajstić information content (AvgIpc) is 2.71. The van der Waals surface area contributed by atoms with E-state index < -0.39 is 12.0 Å². The van der Waals surface area contributed by atoms with E-state index in [1.54, 1.807) is 17.9 Å². The molecule has 156 valence electrons. The number of esters is 1. The first-order valence-electron chi connectivity index (χ1n) is 10.1. The van der Waals surface area contributed by atoms with E-state index in [2.05, 4.69) is 29.0 Å². The number of ether oxygens (including phenoxy) is 1. The maximum Gasteiger partial charge on any atom is 0.338 e. The number of rotatable bonds is 7. The standard InChI is InChI=1S/C22H30N4O3/c1-4-12-26-18(15-25-13-11-23-16(3)14-25)19(21(27)29-5-2)20(24-22(26)28)17-9-7-6-8-10-17/h4,6-10,16,20,23H,1,5,11-15H2,2-3H3,(H,24,28). The van der Waals surface area contributed by atoms with E-state index >= 15 is 0 Å². The van der Waals surface area contributed by atoms with Crippen LogP contribution in [-0.4, -0.2) is 67.2 Å². The van der Waals surface area contributed by atoms with Gasteiger partial charge in [0.15, 0.2) is 0 Å². The number of nitrogens with zero attached hydrogens (tertiary/aromatic N) is 2. The van der Waals surface area contributed by atoms with E-state index in [9.17, 15) is 9.59 Å². The minimum absolute atomic E-state index is 0.231. The Labute approximate surface area is 172 Å². The first-order valence-corrected chi connectivity index (χ1v) is 10.1. The molecule has 1 saturated heterocycles. The van der Waals surface area contributed by atoms with E-state index in [0.29, 0.717) is 30.4 Å². The summed E-state index contributed by atoms with van der Waals surface area (Å²) in [6.07, 6.45) is 1.67. The van der Waals surface area contributed by atoms with Crippen LogP contribution in [0.3, 0.4) is 0 Å². The Morgan fingerprint density at radius 1 is 1.34 bits per heavy atom. The topological polar surface area (TPSA) is 73.9 Å². The molecule has 1 fully saturated rings. The summed E-state index contributed by atoms with van der Waals surface area (Å²) in [6.45, 7) is 11.4. The zero-order valence-corrected chi connectivity index (χ0v) is 17.2. The van der Waals surface area contributed by atoms with Crippen molar-refractivity contribution < 1.29 is 14.3 Å². The molecule has 0 radical (unpaired) electrons. The Morgan fingerprint density at radius 2 is 2.10 bits per heavy atom. The lowest BCUT2D eigenvalue weighted by Crippen LogP contribution is -2.54. The minimum Gasteiger partial charge on any atom is -0.463 e. The van der Waals surface area contributed by atoms with Crippen molar-refractivity contribution >= 4 is 12.0 Å². The van der Waals surface area contributed by atoms with E-state index in [0.717, 1.165) is 25.2 Å². The number of nitrogens with one attached hydrogen (secondary N) is 2. The predicted octanol–water partition coefficient (Wildman–Crippen LogP) is 2.05. The molecule has 7 heteroatoms. The molecule has 1 aromatic rings. The third-order valence-electron chi connectivity index (χ3n) is 5.20. The Balaban J connectivity index is 2.07. The van der Waals surface area contributed by atoms with Gasteiger partial charge in [-0.1, -0.05) is 36.4 Å². The minimum atomic E-state index is -0.542. The van der Waals surface area contributed by atoms with Gasteiger partial charge in [0.25, 0.3) is 0 Å². The second kappa shape index (κ2) is 9.71. The summed E-state index contributed by atoms with van der Waals surface area (Å²) >= 11 is 0. The summed E-state index contributed by atoms with van der Waals surface area (Å²) in [6, 6.07) is 9.12. The fraction of sp³-hybridized carbons (Fsp3) is 0.455.